The molecule has 1 amide bonds. The van der Waals surface area contributed by atoms with Gasteiger partial charge in [-0.2, -0.15) is 0 Å². The number of fused-ring (bicyclic) bond motifs is 1. The SMILES string of the molecule is CCCCCn1c(=O)n(C(=O)NC[C@@H]2CCCN2CC)c2ccccc21. The highest BCUT2D eigenvalue weighted by molar-refractivity contribution is 5.89. The standard InChI is InChI=1S/C20H30N4O2/c1-3-5-8-14-23-17-11-6-7-12-18(17)24(20(23)26)19(25)21-15-16-10-9-13-22(16)4-2/h6-7,11-12,16H,3-5,8-10,13-15H2,1-2H3,(H,21,25)/t16-/m0/s1. The topological polar surface area (TPSA) is 59.3 Å². The van der Waals surface area contributed by atoms with Gasteiger partial charge in [0.1, 0.15) is 0 Å². The first-order valence-electron chi connectivity index (χ1n) is 9.89. The Bertz CT molecular complexity index is 808. The number of nitrogens with zero attached hydrogens (tertiary/aromatic N) is 3. The van der Waals surface area contributed by atoms with Gasteiger partial charge in [-0.1, -0.05) is 38.8 Å². The van der Waals surface area contributed by atoms with Gasteiger partial charge >= 0.3 is 11.7 Å². The zero-order chi connectivity index (χ0) is 18.5. The lowest BCUT2D eigenvalue weighted by Gasteiger charge is -2.22. The summed E-state index contributed by atoms with van der Waals surface area (Å²) in [4.78, 5) is 28.1. The molecule has 6 heteroatoms. The molecule has 26 heavy (non-hydrogen) atoms. The van der Waals surface area contributed by atoms with E-state index in [0.29, 0.717) is 24.6 Å². The van der Waals surface area contributed by atoms with Gasteiger partial charge in [-0.05, 0) is 44.5 Å². The molecule has 1 aromatic heterocycles. The molecule has 0 bridgehead atoms. The van der Waals surface area contributed by atoms with Crippen molar-refractivity contribution in [1.82, 2.24) is 19.4 Å². The van der Waals surface area contributed by atoms with Gasteiger partial charge in [0, 0.05) is 19.1 Å². The number of likely N-dealkylation sites (tertiary alicyclic amines) is 1. The molecule has 1 aliphatic rings. The molecule has 0 spiro atoms. The predicted octanol–water partition coefficient (Wildman–Crippen LogP) is 3.04. The van der Waals surface area contributed by atoms with Gasteiger partial charge in [-0.3, -0.25) is 9.47 Å². The molecule has 1 saturated heterocycles. The van der Waals surface area contributed by atoms with Crippen molar-refractivity contribution < 1.29 is 4.79 Å². The van der Waals surface area contributed by atoms with E-state index in [1.807, 2.05) is 24.3 Å². The maximum Gasteiger partial charge on any atom is 0.337 e. The van der Waals surface area contributed by atoms with Crippen molar-refractivity contribution in [1.29, 1.82) is 0 Å². The molecule has 1 aromatic carbocycles. The minimum Gasteiger partial charge on any atom is -0.336 e. The molecule has 2 heterocycles. The summed E-state index contributed by atoms with van der Waals surface area (Å²) in [5.41, 5.74) is 1.28. The first kappa shape index (κ1) is 18.7. The Hall–Kier alpha value is -2.08. The number of hydrogen-bond donors (Lipinski definition) is 1. The minimum atomic E-state index is -0.316. The van der Waals surface area contributed by atoms with Crippen LogP contribution >= 0.6 is 0 Å². The zero-order valence-corrected chi connectivity index (χ0v) is 15.9. The van der Waals surface area contributed by atoms with E-state index in [0.717, 1.165) is 44.3 Å². The number of carbonyl (C=O) groups excluding carboxylic acids is 1. The van der Waals surface area contributed by atoms with Crippen molar-refractivity contribution in [2.75, 3.05) is 19.6 Å². The molecule has 1 atom stereocenters. The molecule has 1 fully saturated rings. The third-order valence-corrected chi connectivity index (χ3v) is 5.42. The molecular weight excluding hydrogens is 328 g/mol. The molecule has 0 radical (unpaired) electrons. The first-order chi connectivity index (χ1) is 12.7. The summed E-state index contributed by atoms with van der Waals surface area (Å²) >= 11 is 0. The first-order valence-corrected chi connectivity index (χ1v) is 9.89. The summed E-state index contributed by atoms with van der Waals surface area (Å²) in [6, 6.07) is 7.61. The lowest BCUT2D eigenvalue weighted by molar-refractivity contribution is 0.230. The number of amides is 1. The number of rotatable bonds is 7. The van der Waals surface area contributed by atoms with Crippen LogP contribution < -0.4 is 11.0 Å². The Balaban J connectivity index is 1.81. The predicted molar refractivity (Wildman–Crippen MR) is 105 cm³/mol. The van der Waals surface area contributed by atoms with Gasteiger partial charge in [0.15, 0.2) is 0 Å². The van der Waals surface area contributed by atoms with E-state index >= 15 is 0 Å². The highest BCUT2D eigenvalue weighted by Crippen LogP contribution is 2.16. The molecule has 0 saturated carbocycles. The second-order valence-electron chi connectivity index (χ2n) is 7.08. The van der Waals surface area contributed by atoms with Crippen LogP contribution in [0.2, 0.25) is 0 Å². The van der Waals surface area contributed by atoms with Crippen molar-refractivity contribution in [3.63, 3.8) is 0 Å². The maximum absolute atomic E-state index is 12.9. The van der Waals surface area contributed by atoms with Crippen LogP contribution in [0.3, 0.4) is 0 Å². The lowest BCUT2D eigenvalue weighted by atomic mass is 10.2. The Morgan fingerprint density at radius 2 is 1.96 bits per heavy atom. The Morgan fingerprint density at radius 3 is 2.69 bits per heavy atom. The summed E-state index contributed by atoms with van der Waals surface area (Å²) in [5, 5.41) is 2.99. The van der Waals surface area contributed by atoms with E-state index in [4.69, 9.17) is 0 Å². The number of carbonyl (C=O) groups is 1. The van der Waals surface area contributed by atoms with Crippen LogP contribution in [0.4, 0.5) is 4.79 Å². The van der Waals surface area contributed by atoms with Gasteiger partial charge in [0.25, 0.3) is 0 Å². The van der Waals surface area contributed by atoms with Gasteiger partial charge in [0.05, 0.1) is 11.0 Å². The van der Waals surface area contributed by atoms with Crippen LogP contribution in [0.25, 0.3) is 11.0 Å². The molecule has 0 unspecified atom stereocenters. The average Bonchev–Trinajstić information content (AvgIpc) is 3.22. The molecule has 1 N–H and O–H groups in total. The fourth-order valence-corrected chi connectivity index (χ4v) is 3.97. The molecule has 3 rings (SSSR count). The second kappa shape index (κ2) is 8.54. The van der Waals surface area contributed by atoms with E-state index < -0.39 is 0 Å². The number of imidazole rings is 1. The molecule has 0 aliphatic carbocycles. The number of hydrogen-bond acceptors (Lipinski definition) is 3. The molecular formula is C20H30N4O2. The highest BCUT2D eigenvalue weighted by atomic mass is 16.2. The summed E-state index contributed by atoms with van der Waals surface area (Å²) in [5.74, 6) is 0. The fraction of sp³-hybridized carbons (Fsp3) is 0.600. The third-order valence-electron chi connectivity index (χ3n) is 5.42. The molecule has 6 nitrogen and oxygen atoms in total. The Morgan fingerprint density at radius 1 is 1.19 bits per heavy atom. The number of nitrogens with one attached hydrogen (secondary N) is 1. The van der Waals surface area contributed by atoms with Crippen molar-refractivity contribution in [2.24, 2.45) is 0 Å². The highest BCUT2D eigenvalue weighted by Gasteiger charge is 2.24. The summed E-state index contributed by atoms with van der Waals surface area (Å²) in [6.45, 7) is 7.62. The lowest BCUT2D eigenvalue weighted by Crippen LogP contribution is -2.43. The monoisotopic (exact) mass is 358 g/mol. The van der Waals surface area contributed by atoms with Crippen LogP contribution in [0.5, 0.6) is 0 Å². The zero-order valence-electron chi connectivity index (χ0n) is 15.9. The number of unbranched alkanes of at least 4 members (excludes halogenated alkanes) is 2. The molecule has 1 aliphatic heterocycles. The minimum absolute atomic E-state index is 0.237. The largest absolute Gasteiger partial charge is 0.337 e. The van der Waals surface area contributed by atoms with E-state index in [9.17, 15) is 9.59 Å². The quantitative estimate of drug-likeness (QED) is 0.774. The summed E-state index contributed by atoms with van der Waals surface area (Å²) in [7, 11) is 0. The van der Waals surface area contributed by atoms with Crippen LogP contribution in [0.15, 0.2) is 29.1 Å². The van der Waals surface area contributed by atoms with Crippen molar-refractivity contribution in [3.05, 3.63) is 34.7 Å². The van der Waals surface area contributed by atoms with Gasteiger partial charge in [-0.25, -0.2) is 14.2 Å². The van der Waals surface area contributed by atoms with Crippen LogP contribution in [0, 0.1) is 0 Å². The van der Waals surface area contributed by atoms with Gasteiger partial charge in [0.2, 0.25) is 0 Å². The van der Waals surface area contributed by atoms with E-state index in [1.165, 1.54) is 11.0 Å². The van der Waals surface area contributed by atoms with Crippen LogP contribution in [0.1, 0.15) is 46.0 Å². The van der Waals surface area contributed by atoms with Crippen LogP contribution in [-0.2, 0) is 6.54 Å². The van der Waals surface area contributed by atoms with Gasteiger partial charge in [-0.15, -0.1) is 0 Å². The Labute approximate surface area is 154 Å². The normalized spacial score (nSPS) is 17.8. The van der Waals surface area contributed by atoms with E-state index in [1.54, 1.807) is 4.57 Å². The van der Waals surface area contributed by atoms with E-state index in [-0.39, 0.29) is 11.7 Å². The maximum atomic E-state index is 12.9. The summed E-state index contributed by atoms with van der Waals surface area (Å²) < 4.78 is 3.03. The average molecular weight is 358 g/mol. The Kier molecular flexibility index (Phi) is 6.14. The smallest absolute Gasteiger partial charge is 0.336 e. The third kappa shape index (κ3) is 3.70. The number of likely N-dealkylation sites (N-methyl/N-ethyl adjacent to an activating group) is 1. The van der Waals surface area contributed by atoms with Crippen LogP contribution in [-0.4, -0.2) is 45.7 Å². The molecule has 142 valence electrons. The number of benzene rings is 1. The van der Waals surface area contributed by atoms with Crippen molar-refractivity contribution in [2.45, 2.75) is 58.5 Å². The fourth-order valence-electron chi connectivity index (χ4n) is 3.97. The number of para-hydroxylation sites is 2. The second-order valence-corrected chi connectivity index (χ2v) is 7.08. The van der Waals surface area contributed by atoms with E-state index in [2.05, 4.69) is 24.1 Å². The van der Waals surface area contributed by atoms with Crippen molar-refractivity contribution >= 4 is 17.1 Å². The van der Waals surface area contributed by atoms with Gasteiger partial charge < -0.3 is 5.32 Å². The van der Waals surface area contributed by atoms with Crippen molar-refractivity contribution in [3.8, 4) is 0 Å². The number of aryl methyl sites for hydroxylation is 1. The number of aromatic nitrogens is 2. The molecule has 2 aromatic rings. The summed E-state index contributed by atoms with van der Waals surface area (Å²) in [6.07, 6.45) is 5.39.